The van der Waals surface area contributed by atoms with Crippen LogP contribution in [-0.2, 0) is 5.60 Å². The van der Waals surface area contributed by atoms with Gasteiger partial charge in [-0.3, -0.25) is 0 Å². The van der Waals surface area contributed by atoms with Crippen LogP contribution in [0.5, 0.6) is 5.75 Å². The van der Waals surface area contributed by atoms with Crippen molar-refractivity contribution in [1.82, 2.24) is 9.97 Å². The lowest BCUT2D eigenvalue weighted by molar-refractivity contribution is -0.274. The second kappa shape index (κ2) is 6.63. The fourth-order valence-electron chi connectivity index (χ4n) is 2.71. The minimum Gasteiger partial charge on any atom is -0.406 e. The van der Waals surface area contributed by atoms with Crippen molar-refractivity contribution in [2.24, 2.45) is 11.3 Å². The van der Waals surface area contributed by atoms with Gasteiger partial charge in [-0.1, -0.05) is 39.8 Å². The van der Waals surface area contributed by atoms with Crippen molar-refractivity contribution < 1.29 is 23.0 Å². The van der Waals surface area contributed by atoms with Crippen molar-refractivity contribution in [3.63, 3.8) is 0 Å². The number of rotatable bonds is 5. The summed E-state index contributed by atoms with van der Waals surface area (Å²) in [5.41, 5.74) is -1.22. The van der Waals surface area contributed by atoms with E-state index in [-0.39, 0.29) is 11.7 Å². The fourth-order valence-corrected chi connectivity index (χ4v) is 2.71. The third-order valence-corrected chi connectivity index (χ3v) is 4.86. The summed E-state index contributed by atoms with van der Waals surface area (Å²) < 4.78 is 40.9. The zero-order valence-corrected chi connectivity index (χ0v) is 14.5. The molecule has 2 aromatic rings. The topological polar surface area (TPSA) is 55.2 Å². The summed E-state index contributed by atoms with van der Waals surface area (Å²) in [7, 11) is 0. The average Bonchev–Trinajstić information content (AvgIpc) is 2.53. The molecular weight excluding hydrogens is 333 g/mol. The molecule has 0 bridgehead atoms. The normalized spacial score (nSPS) is 15.1. The predicted octanol–water partition coefficient (Wildman–Crippen LogP) is 4.29. The van der Waals surface area contributed by atoms with Gasteiger partial charge in [0.15, 0.2) is 0 Å². The van der Waals surface area contributed by atoms with Crippen LogP contribution in [0.2, 0.25) is 0 Å². The summed E-state index contributed by atoms with van der Waals surface area (Å²) in [6, 6.07) is 5.23. The van der Waals surface area contributed by atoms with E-state index in [9.17, 15) is 18.3 Å². The summed E-state index contributed by atoms with van der Waals surface area (Å²) in [5.74, 6) is -0.283. The van der Waals surface area contributed by atoms with E-state index in [2.05, 4.69) is 14.7 Å². The van der Waals surface area contributed by atoms with E-state index in [1.807, 2.05) is 27.7 Å². The molecule has 136 valence electrons. The first-order valence-corrected chi connectivity index (χ1v) is 7.82. The van der Waals surface area contributed by atoms with Crippen molar-refractivity contribution in [2.45, 2.75) is 39.7 Å². The molecule has 1 heterocycles. The van der Waals surface area contributed by atoms with E-state index in [0.717, 1.165) is 0 Å². The standard InChI is InChI=1S/C18H21F3N2O2/c1-12(2)16(3,4)17(24,14-9-22-11-23-10-14)13-5-7-15(8-6-13)25-18(19,20)21/h5-12,24H,1-4H3. The first-order valence-electron chi connectivity index (χ1n) is 7.82. The molecule has 1 N–H and O–H groups in total. The van der Waals surface area contributed by atoms with Gasteiger partial charge in [-0.2, -0.15) is 0 Å². The number of benzene rings is 1. The van der Waals surface area contributed by atoms with E-state index >= 15 is 0 Å². The summed E-state index contributed by atoms with van der Waals surface area (Å²) in [6.07, 6.45) is -0.386. The lowest BCUT2D eigenvalue weighted by Gasteiger charge is -2.46. The average molecular weight is 354 g/mol. The Balaban J connectivity index is 2.54. The molecule has 25 heavy (non-hydrogen) atoms. The van der Waals surface area contributed by atoms with Gasteiger partial charge >= 0.3 is 6.36 Å². The molecule has 0 saturated heterocycles. The molecular formula is C18H21F3N2O2. The van der Waals surface area contributed by atoms with Gasteiger partial charge in [0.25, 0.3) is 0 Å². The molecule has 0 saturated carbocycles. The molecule has 1 atom stereocenters. The van der Waals surface area contributed by atoms with Crippen LogP contribution < -0.4 is 4.74 Å². The highest BCUT2D eigenvalue weighted by Gasteiger charge is 2.48. The molecule has 1 aromatic heterocycles. The molecule has 0 aliphatic rings. The maximum Gasteiger partial charge on any atom is 0.573 e. The van der Waals surface area contributed by atoms with Gasteiger partial charge in [0.05, 0.1) is 0 Å². The van der Waals surface area contributed by atoms with E-state index in [0.29, 0.717) is 11.1 Å². The van der Waals surface area contributed by atoms with Crippen LogP contribution in [-0.4, -0.2) is 21.4 Å². The molecule has 0 fully saturated rings. The van der Waals surface area contributed by atoms with Crippen molar-refractivity contribution in [2.75, 3.05) is 0 Å². The summed E-state index contributed by atoms with van der Waals surface area (Å²) in [5, 5.41) is 11.6. The van der Waals surface area contributed by atoms with Gasteiger partial charge < -0.3 is 9.84 Å². The van der Waals surface area contributed by atoms with Crippen molar-refractivity contribution >= 4 is 0 Å². The molecule has 0 aliphatic heterocycles. The van der Waals surface area contributed by atoms with Gasteiger partial charge in [-0.05, 0) is 23.6 Å². The third kappa shape index (κ3) is 3.76. The van der Waals surface area contributed by atoms with Gasteiger partial charge in [-0.15, -0.1) is 13.2 Å². The fraction of sp³-hybridized carbons (Fsp3) is 0.444. The van der Waals surface area contributed by atoms with Crippen LogP contribution in [0.4, 0.5) is 13.2 Å². The third-order valence-electron chi connectivity index (χ3n) is 4.86. The molecule has 1 unspecified atom stereocenters. The van der Waals surface area contributed by atoms with Crippen LogP contribution in [0.25, 0.3) is 0 Å². The number of halogens is 3. The van der Waals surface area contributed by atoms with Crippen LogP contribution in [0.15, 0.2) is 43.0 Å². The van der Waals surface area contributed by atoms with Crippen molar-refractivity contribution in [3.05, 3.63) is 54.1 Å². The number of hydrogen-bond acceptors (Lipinski definition) is 4. The first-order chi connectivity index (χ1) is 11.5. The highest BCUT2D eigenvalue weighted by Crippen LogP contribution is 2.49. The van der Waals surface area contributed by atoms with E-state index in [4.69, 9.17) is 0 Å². The van der Waals surface area contributed by atoms with Crippen LogP contribution in [0.3, 0.4) is 0 Å². The first kappa shape index (κ1) is 19.2. The number of aliphatic hydroxyl groups is 1. The Morgan fingerprint density at radius 2 is 1.48 bits per heavy atom. The Bertz CT molecular complexity index is 701. The molecule has 0 radical (unpaired) electrons. The van der Waals surface area contributed by atoms with E-state index in [1.54, 1.807) is 0 Å². The Hall–Kier alpha value is -2.15. The van der Waals surface area contributed by atoms with Crippen LogP contribution in [0, 0.1) is 11.3 Å². The van der Waals surface area contributed by atoms with Crippen molar-refractivity contribution in [1.29, 1.82) is 0 Å². The predicted molar refractivity (Wildman–Crippen MR) is 86.8 cm³/mol. The number of ether oxygens (including phenoxy) is 1. The second-order valence-electron chi connectivity index (χ2n) is 6.79. The summed E-state index contributed by atoms with van der Waals surface area (Å²) in [6.45, 7) is 7.72. The molecule has 4 nitrogen and oxygen atoms in total. The maximum atomic E-state index is 12.3. The Morgan fingerprint density at radius 3 is 1.92 bits per heavy atom. The smallest absolute Gasteiger partial charge is 0.406 e. The van der Waals surface area contributed by atoms with Crippen LogP contribution >= 0.6 is 0 Å². The Morgan fingerprint density at radius 1 is 0.960 bits per heavy atom. The second-order valence-corrected chi connectivity index (χ2v) is 6.79. The lowest BCUT2D eigenvalue weighted by Crippen LogP contribution is -2.46. The highest BCUT2D eigenvalue weighted by molar-refractivity contribution is 5.39. The maximum absolute atomic E-state index is 12.3. The van der Waals surface area contributed by atoms with Gasteiger partial charge in [0, 0.05) is 23.4 Å². The number of hydrogen-bond donors (Lipinski definition) is 1. The molecule has 0 spiro atoms. The molecule has 7 heteroatoms. The van der Waals surface area contributed by atoms with Gasteiger partial charge in [0.1, 0.15) is 17.7 Å². The monoisotopic (exact) mass is 354 g/mol. The largest absolute Gasteiger partial charge is 0.573 e. The summed E-state index contributed by atoms with van der Waals surface area (Å²) in [4.78, 5) is 7.94. The minimum atomic E-state index is -4.76. The highest BCUT2D eigenvalue weighted by atomic mass is 19.4. The zero-order valence-electron chi connectivity index (χ0n) is 14.5. The van der Waals surface area contributed by atoms with Gasteiger partial charge in [0.2, 0.25) is 0 Å². The quantitative estimate of drug-likeness (QED) is 0.870. The van der Waals surface area contributed by atoms with Crippen molar-refractivity contribution in [3.8, 4) is 5.75 Å². The molecule has 0 amide bonds. The van der Waals surface area contributed by atoms with E-state index < -0.39 is 17.4 Å². The Kier molecular flexibility index (Phi) is 5.09. The molecule has 1 aromatic carbocycles. The Labute approximate surface area is 144 Å². The lowest BCUT2D eigenvalue weighted by atomic mass is 9.62. The minimum absolute atomic E-state index is 0.0591. The summed E-state index contributed by atoms with van der Waals surface area (Å²) >= 11 is 0. The van der Waals surface area contributed by atoms with Gasteiger partial charge in [-0.25, -0.2) is 9.97 Å². The molecule has 2 rings (SSSR count). The molecule has 0 aliphatic carbocycles. The number of alkyl halides is 3. The number of nitrogens with zero attached hydrogens (tertiary/aromatic N) is 2. The SMILES string of the molecule is CC(C)C(C)(C)C(O)(c1ccc(OC(F)(F)F)cc1)c1cncnc1. The van der Waals surface area contributed by atoms with E-state index in [1.165, 1.54) is 43.0 Å². The van der Waals surface area contributed by atoms with Crippen LogP contribution in [0.1, 0.15) is 38.8 Å². The zero-order chi connectivity index (χ0) is 18.9. The number of aromatic nitrogens is 2.